The zero-order chi connectivity index (χ0) is 18.5. The van der Waals surface area contributed by atoms with Gasteiger partial charge >= 0.3 is 0 Å². The van der Waals surface area contributed by atoms with Crippen LogP contribution in [0.3, 0.4) is 0 Å². The number of amides is 1. The van der Waals surface area contributed by atoms with E-state index < -0.39 is 0 Å². The number of ether oxygens (including phenoxy) is 1. The molecule has 8 heteroatoms. The number of carbonyl (C=O) groups excluding carboxylic acids is 1. The number of halogens is 2. The number of methoxy groups -OCH3 is 1. The van der Waals surface area contributed by atoms with Crippen molar-refractivity contribution in [1.29, 1.82) is 0 Å². The summed E-state index contributed by atoms with van der Waals surface area (Å²) in [6.07, 6.45) is 2.08. The Bertz CT molecular complexity index is 869. The Kier molecular flexibility index (Phi) is 6.19. The van der Waals surface area contributed by atoms with E-state index >= 15 is 0 Å². The monoisotopic (exact) mass is 407 g/mol. The molecule has 0 bridgehead atoms. The molecule has 0 radical (unpaired) electrons. The van der Waals surface area contributed by atoms with Gasteiger partial charge in [-0.3, -0.25) is 4.79 Å². The number of rotatable bonds is 5. The summed E-state index contributed by atoms with van der Waals surface area (Å²) in [6.45, 7) is 0. The SMILES string of the molecule is COc1ccc(C=N/N=C2\NC(=O)C(Cc3cc(Cl)ccc3Cl)S2)cc1. The van der Waals surface area contributed by atoms with Gasteiger partial charge in [-0.25, -0.2) is 0 Å². The average Bonchev–Trinajstić information content (AvgIpc) is 2.98. The first-order chi connectivity index (χ1) is 12.5. The number of carbonyl (C=O) groups is 1. The molecule has 26 heavy (non-hydrogen) atoms. The number of thioether (sulfide) groups is 1. The summed E-state index contributed by atoms with van der Waals surface area (Å²) < 4.78 is 5.10. The third-order valence-electron chi connectivity index (χ3n) is 3.66. The number of nitrogens with one attached hydrogen (secondary N) is 1. The zero-order valence-electron chi connectivity index (χ0n) is 13.8. The average molecular weight is 408 g/mol. The lowest BCUT2D eigenvalue weighted by molar-refractivity contribution is -0.118. The molecule has 0 spiro atoms. The Morgan fingerprint density at radius 2 is 2.00 bits per heavy atom. The minimum atomic E-state index is -0.319. The van der Waals surface area contributed by atoms with Crippen molar-refractivity contribution in [3.63, 3.8) is 0 Å². The van der Waals surface area contributed by atoms with Crippen LogP contribution in [-0.4, -0.2) is 29.6 Å². The number of hydrogen-bond donors (Lipinski definition) is 1. The standard InChI is InChI=1S/C18H15Cl2N3O2S/c1-25-14-5-2-11(3-6-14)10-21-23-18-22-17(24)16(26-18)9-12-8-13(19)4-7-15(12)20/h2-8,10,16H,9H2,1H3,(H,22,23,24). The highest BCUT2D eigenvalue weighted by Crippen LogP contribution is 2.28. The molecule has 5 nitrogen and oxygen atoms in total. The van der Waals surface area contributed by atoms with Crippen LogP contribution in [0.5, 0.6) is 5.75 Å². The summed E-state index contributed by atoms with van der Waals surface area (Å²) in [5, 5.41) is 12.1. The minimum absolute atomic E-state index is 0.121. The van der Waals surface area contributed by atoms with Gasteiger partial charge in [0, 0.05) is 10.0 Å². The molecule has 1 heterocycles. The molecule has 1 unspecified atom stereocenters. The topological polar surface area (TPSA) is 63.1 Å². The van der Waals surface area contributed by atoms with Crippen molar-refractivity contribution in [2.24, 2.45) is 10.2 Å². The van der Waals surface area contributed by atoms with Crippen LogP contribution in [0.4, 0.5) is 0 Å². The third-order valence-corrected chi connectivity index (χ3v) is 5.34. The van der Waals surface area contributed by atoms with Gasteiger partial charge in [0.25, 0.3) is 0 Å². The summed E-state index contributed by atoms with van der Waals surface area (Å²) in [7, 11) is 1.61. The maximum atomic E-state index is 12.1. The number of amidine groups is 1. The second-order valence-corrected chi connectivity index (χ2v) is 7.49. The lowest BCUT2D eigenvalue weighted by Crippen LogP contribution is -2.26. The van der Waals surface area contributed by atoms with Crippen LogP contribution < -0.4 is 10.1 Å². The van der Waals surface area contributed by atoms with Crippen molar-refractivity contribution in [2.45, 2.75) is 11.7 Å². The Morgan fingerprint density at radius 3 is 2.73 bits per heavy atom. The van der Waals surface area contributed by atoms with Crippen LogP contribution in [0, 0.1) is 0 Å². The highest BCUT2D eigenvalue weighted by molar-refractivity contribution is 8.15. The highest BCUT2D eigenvalue weighted by atomic mass is 35.5. The van der Waals surface area contributed by atoms with Crippen molar-refractivity contribution >= 4 is 52.3 Å². The molecule has 1 saturated heterocycles. The molecular formula is C18H15Cl2N3O2S. The fourth-order valence-corrected chi connectivity index (χ4v) is 3.67. The molecular weight excluding hydrogens is 393 g/mol. The maximum absolute atomic E-state index is 12.1. The summed E-state index contributed by atoms with van der Waals surface area (Å²) in [5.41, 5.74) is 1.71. The lowest BCUT2D eigenvalue weighted by Gasteiger charge is -2.07. The van der Waals surface area contributed by atoms with Gasteiger partial charge < -0.3 is 10.1 Å². The molecule has 2 aromatic carbocycles. The van der Waals surface area contributed by atoms with E-state index in [1.54, 1.807) is 31.5 Å². The van der Waals surface area contributed by atoms with Gasteiger partial charge in [-0.15, -0.1) is 5.10 Å². The molecule has 1 atom stereocenters. The van der Waals surface area contributed by atoms with Crippen LogP contribution in [0.2, 0.25) is 10.0 Å². The van der Waals surface area contributed by atoms with E-state index in [9.17, 15) is 4.79 Å². The van der Waals surface area contributed by atoms with E-state index in [1.165, 1.54) is 11.8 Å². The van der Waals surface area contributed by atoms with Crippen LogP contribution in [0.15, 0.2) is 52.7 Å². The molecule has 1 amide bonds. The predicted octanol–water partition coefficient (Wildman–Crippen LogP) is 4.17. The fraction of sp³-hybridized carbons (Fsp3) is 0.167. The number of hydrogen-bond acceptors (Lipinski definition) is 5. The highest BCUT2D eigenvalue weighted by Gasteiger charge is 2.31. The van der Waals surface area contributed by atoms with E-state index in [2.05, 4.69) is 15.5 Å². The smallest absolute Gasteiger partial charge is 0.239 e. The van der Waals surface area contributed by atoms with Gasteiger partial charge in [0.15, 0.2) is 5.17 Å². The second kappa shape index (κ2) is 8.58. The maximum Gasteiger partial charge on any atom is 0.239 e. The Labute approximate surface area is 165 Å². The van der Waals surface area contributed by atoms with Gasteiger partial charge in [-0.05, 0) is 60.0 Å². The predicted molar refractivity (Wildman–Crippen MR) is 108 cm³/mol. The fourth-order valence-electron chi connectivity index (χ4n) is 2.32. The lowest BCUT2D eigenvalue weighted by atomic mass is 10.1. The number of benzene rings is 2. The van der Waals surface area contributed by atoms with E-state index in [1.807, 2.05) is 24.3 Å². The second-order valence-electron chi connectivity index (χ2n) is 5.46. The molecule has 134 valence electrons. The van der Waals surface area contributed by atoms with E-state index in [4.69, 9.17) is 27.9 Å². The molecule has 1 N–H and O–H groups in total. The molecule has 0 saturated carbocycles. The van der Waals surface area contributed by atoms with E-state index in [0.717, 1.165) is 16.9 Å². The van der Waals surface area contributed by atoms with Gasteiger partial charge in [-0.2, -0.15) is 5.10 Å². The van der Waals surface area contributed by atoms with Crippen LogP contribution >= 0.6 is 35.0 Å². The van der Waals surface area contributed by atoms with Gasteiger partial charge in [0.1, 0.15) is 5.75 Å². The molecule has 2 aromatic rings. The van der Waals surface area contributed by atoms with Crippen molar-refractivity contribution in [1.82, 2.24) is 5.32 Å². The summed E-state index contributed by atoms with van der Waals surface area (Å²) in [4.78, 5) is 12.1. The minimum Gasteiger partial charge on any atom is -0.497 e. The normalized spacial score (nSPS) is 18.5. The Hall–Kier alpha value is -2.02. The van der Waals surface area contributed by atoms with Crippen molar-refractivity contribution in [3.8, 4) is 5.75 Å². The summed E-state index contributed by atoms with van der Waals surface area (Å²) in [6, 6.07) is 12.6. The van der Waals surface area contributed by atoms with Crippen LogP contribution in [0.1, 0.15) is 11.1 Å². The van der Waals surface area contributed by atoms with Gasteiger partial charge in [0.05, 0.1) is 18.6 Å². The zero-order valence-corrected chi connectivity index (χ0v) is 16.1. The van der Waals surface area contributed by atoms with Crippen LogP contribution in [-0.2, 0) is 11.2 Å². The third kappa shape index (κ3) is 4.78. The van der Waals surface area contributed by atoms with Crippen molar-refractivity contribution in [2.75, 3.05) is 7.11 Å². The van der Waals surface area contributed by atoms with Gasteiger partial charge in [-0.1, -0.05) is 35.0 Å². The summed E-state index contributed by atoms with van der Waals surface area (Å²) >= 11 is 13.5. The number of nitrogens with zero attached hydrogens (tertiary/aromatic N) is 2. The first-order valence-corrected chi connectivity index (χ1v) is 9.35. The largest absolute Gasteiger partial charge is 0.497 e. The Balaban J connectivity index is 1.63. The molecule has 0 aromatic heterocycles. The quantitative estimate of drug-likeness (QED) is 0.597. The van der Waals surface area contributed by atoms with Gasteiger partial charge in [0.2, 0.25) is 5.91 Å². The first kappa shape index (κ1) is 18.8. The first-order valence-electron chi connectivity index (χ1n) is 7.71. The summed E-state index contributed by atoms with van der Waals surface area (Å²) in [5.74, 6) is 0.652. The van der Waals surface area contributed by atoms with E-state index in [-0.39, 0.29) is 11.2 Å². The van der Waals surface area contributed by atoms with Crippen LogP contribution in [0.25, 0.3) is 0 Å². The molecule has 1 fully saturated rings. The Morgan fingerprint density at radius 1 is 1.23 bits per heavy atom. The van der Waals surface area contributed by atoms with Crippen molar-refractivity contribution < 1.29 is 9.53 Å². The molecule has 0 aliphatic carbocycles. The van der Waals surface area contributed by atoms with E-state index in [0.29, 0.717) is 21.6 Å². The molecule has 1 aliphatic rings. The molecule has 1 aliphatic heterocycles. The van der Waals surface area contributed by atoms with Crippen molar-refractivity contribution in [3.05, 3.63) is 63.6 Å². The molecule has 3 rings (SSSR count).